The second-order valence-electron chi connectivity index (χ2n) is 4.60. The van der Waals surface area contributed by atoms with Crippen molar-refractivity contribution in [1.82, 2.24) is 4.98 Å². The summed E-state index contributed by atoms with van der Waals surface area (Å²) in [4.78, 5) is 4.11. The van der Waals surface area contributed by atoms with Gasteiger partial charge in [-0.3, -0.25) is 0 Å². The Hall–Kier alpha value is -1.50. The van der Waals surface area contributed by atoms with Gasteiger partial charge in [-0.05, 0) is 25.0 Å². The molecule has 0 aromatic carbocycles. The molecule has 1 aromatic heterocycles. The fraction of sp³-hybridized carbons (Fsp3) is 0.615. The van der Waals surface area contributed by atoms with E-state index in [1.807, 2.05) is 6.92 Å². The van der Waals surface area contributed by atoms with Gasteiger partial charge in [0.25, 0.3) is 0 Å². The number of anilines is 2. The van der Waals surface area contributed by atoms with E-state index >= 15 is 0 Å². The van der Waals surface area contributed by atoms with E-state index in [4.69, 9.17) is 4.74 Å². The first-order valence-electron chi connectivity index (χ1n) is 6.42. The van der Waals surface area contributed by atoms with Crippen LogP contribution in [0, 0.1) is 5.92 Å². The maximum atomic E-state index is 12.8. The predicted molar refractivity (Wildman–Crippen MR) is 72.9 cm³/mol. The van der Waals surface area contributed by atoms with Gasteiger partial charge in [-0.25, -0.2) is 4.98 Å². The minimum atomic E-state index is -4.39. The molecular weight excluding hydrogens is 271 g/mol. The number of nitrogens with one attached hydrogen (secondary N) is 2. The summed E-state index contributed by atoms with van der Waals surface area (Å²) >= 11 is 0. The van der Waals surface area contributed by atoms with Gasteiger partial charge in [0.1, 0.15) is 11.6 Å². The van der Waals surface area contributed by atoms with Gasteiger partial charge >= 0.3 is 6.18 Å². The van der Waals surface area contributed by atoms with E-state index in [0.29, 0.717) is 19.7 Å². The second-order valence-corrected chi connectivity index (χ2v) is 4.60. The average Bonchev–Trinajstić information content (AvgIpc) is 2.36. The third kappa shape index (κ3) is 5.24. The number of methoxy groups -OCH3 is 1. The van der Waals surface area contributed by atoms with Crippen LogP contribution in [0.1, 0.15) is 19.4 Å². The lowest BCUT2D eigenvalue weighted by atomic mass is 10.2. The summed E-state index contributed by atoms with van der Waals surface area (Å²) in [5.74, 6) is 0.599. The highest BCUT2D eigenvalue weighted by Crippen LogP contribution is 2.32. The van der Waals surface area contributed by atoms with Crippen molar-refractivity contribution in [3.8, 4) is 0 Å². The summed E-state index contributed by atoms with van der Waals surface area (Å²) in [7, 11) is 1.59. The lowest BCUT2D eigenvalue weighted by Crippen LogP contribution is -2.17. The van der Waals surface area contributed by atoms with Crippen molar-refractivity contribution in [3.63, 3.8) is 0 Å². The Morgan fingerprint density at radius 1 is 1.25 bits per heavy atom. The maximum Gasteiger partial charge on any atom is 0.416 e. The number of hydrogen-bond acceptors (Lipinski definition) is 4. The van der Waals surface area contributed by atoms with Crippen LogP contribution in [-0.4, -0.2) is 31.8 Å². The minimum Gasteiger partial charge on any atom is -0.384 e. The second kappa shape index (κ2) is 7.33. The topological polar surface area (TPSA) is 46.2 Å². The minimum absolute atomic E-state index is 0.180. The maximum absolute atomic E-state index is 12.8. The molecule has 0 saturated heterocycles. The van der Waals surface area contributed by atoms with E-state index in [1.165, 1.54) is 0 Å². The van der Waals surface area contributed by atoms with Gasteiger partial charge in [-0.15, -0.1) is 0 Å². The zero-order chi connectivity index (χ0) is 15.2. The predicted octanol–water partition coefficient (Wildman–Crippen LogP) is 3.23. The Balaban J connectivity index is 2.86. The van der Waals surface area contributed by atoms with E-state index in [9.17, 15) is 13.2 Å². The van der Waals surface area contributed by atoms with Gasteiger partial charge in [0.2, 0.25) is 0 Å². The van der Waals surface area contributed by atoms with Crippen LogP contribution in [0.2, 0.25) is 0 Å². The van der Waals surface area contributed by atoms with Crippen molar-refractivity contribution >= 4 is 11.6 Å². The quantitative estimate of drug-likeness (QED) is 0.809. The molecule has 1 heterocycles. The summed E-state index contributed by atoms with van der Waals surface area (Å²) in [5, 5.41) is 5.71. The van der Waals surface area contributed by atoms with Crippen molar-refractivity contribution in [2.75, 3.05) is 37.4 Å². The molecule has 0 saturated carbocycles. The fourth-order valence-electron chi connectivity index (χ4n) is 1.68. The lowest BCUT2D eigenvalue weighted by Gasteiger charge is -2.15. The van der Waals surface area contributed by atoms with E-state index in [1.54, 1.807) is 14.0 Å². The van der Waals surface area contributed by atoms with E-state index < -0.39 is 11.7 Å². The van der Waals surface area contributed by atoms with Crippen LogP contribution in [0.15, 0.2) is 12.1 Å². The van der Waals surface area contributed by atoms with Crippen molar-refractivity contribution < 1.29 is 17.9 Å². The molecule has 0 amide bonds. The van der Waals surface area contributed by atoms with Crippen molar-refractivity contribution in [1.29, 1.82) is 0 Å². The number of halogens is 3. The standard InChI is InChI=1S/C13H20F3N3O/c1-4-17-11-5-10(13(14,15)16)6-12(19-11)18-7-9(2)8-20-3/h5-6,9H,4,7-8H2,1-3H3,(H2,17,18,19). The van der Waals surface area contributed by atoms with Gasteiger partial charge in [0, 0.05) is 20.2 Å². The Morgan fingerprint density at radius 3 is 2.35 bits per heavy atom. The molecule has 0 fully saturated rings. The average molecular weight is 291 g/mol. The van der Waals surface area contributed by atoms with Crippen LogP contribution in [-0.2, 0) is 10.9 Å². The number of nitrogens with zero attached hydrogens (tertiary/aromatic N) is 1. The smallest absolute Gasteiger partial charge is 0.384 e. The van der Waals surface area contributed by atoms with Crippen LogP contribution < -0.4 is 10.6 Å². The van der Waals surface area contributed by atoms with Gasteiger partial charge in [0.15, 0.2) is 0 Å². The zero-order valence-corrected chi connectivity index (χ0v) is 11.8. The molecule has 0 bridgehead atoms. The summed E-state index contributed by atoms with van der Waals surface area (Å²) < 4.78 is 43.4. The molecule has 1 rings (SSSR count). The lowest BCUT2D eigenvalue weighted by molar-refractivity contribution is -0.137. The summed E-state index contributed by atoms with van der Waals surface area (Å²) in [5.41, 5.74) is -0.717. The molecule has 0 aliphatic rings. The normalized spacial score (nSPS) is 13.1. The number of hydrogen-bond donors (Lipinski definition) is 2. The molecule has 20 heavy (non-hydrogen) atoms. The van der Waals surface area contributed by atoms with Crippen LogP contribution in [0.25, 0.3) is 0 Å². The first-order valence-corrected chi connectivity index (χ1v) is 6.42. The molecule has 0 radical (unpaired) electrons. The van der Waals surface area contributed by atoms with Gasteiger partial charge < -0.3 is 15.4 Å². The van der Waals surface area contributed by atoms with E-state index in [0.717, 1.165) is 12.1 Å². The number of ether oxygens (including phenoxy) is 1. The summed E-state index contributed by atoms with van der Waals surface area (Å²) in [6, 6.07) is 2.02. The monoisotopic (exact) mass is 291 g/mol. The number of pyridine rings is 1. The summed E-state index contributed by atoms with van der Waals surface area (Å²) in [6.07, 6.45) is -4.39. The number of aromatic nitrogens is 1. The first kappa shape index (κ1) is 16.6. The van der Waals surface area contributed by atoms with Crippen molar-refractivity contribution in [3.05, 3.63) is 17.7 Å². The van der Waals surface area contributed by atoms with Crippen LogP contribution in [0.3, 0.4) is 0 Å². The number of rotatable bonds is 7. The molecule has 1 atom stereocenters. The first-order chi connectivity index (χ1) is 9.36. The molecule has 114 valence electrons. The largest absolute Gasteiger partial charge is 0.416 e. The Morgan fingerprint density at radius 2 is 1.85 bits per heavy atom. The van der Waals surface area contributed by atoms with Crippen LogP contribution >= 0.6 is 0 Å². The van der Waals surface area contributed by atoms with E-state index in [-0.39, 0.29) is 17.6 Å². The van der Waals surface area contributed by atoms with Crippen LogP contribution in [0.5, 0.6) is 0 Å². The van der Waals surface area contributed by atoms with Gasteiger partial charge in [-0.2, -0.15) is 13.2 Å². The highest BCUT2D eigenvalue weighted by Gasteiger charge is 2.31. The van der Waals surface area contributed by atoms with Crippen molar-refractivity contribution in [2.24, 2.45) is 5.92 Å². The van der Waals surface area contributed by atoms with E-state index in [2.05, 4.69) is 15.6 Å². The van der Waals surface area contributed by atoms with Crippen LogP contribution in [0.4, 0.5) is 24.8 Å². The molecule has 0 aliphatic heterocycles. The molecule has 0 aliphatic carbocycles. The van der Waals surface area contributed by atoms with Crippen molar-refractivity contribution in [2.45, 2.75) is 20.0 Å². The third-order valence-electron chi connectivity index (χ3n) is 2.59. The van der Waals surface area contributed by atoms with Gasteiger partial charge in [0.05, 0.1) is 12.2 Å². The molecular formula is C13H20F3N3O. The highest BCUT2D eigenvalue weighted by atomic mass is 19.4. The van der Waals surface area contributed by atoms with Gasteiger partial charge in [-0.1, -0.05) is 6.92 Å². The third-order valence-corrected chi connectivity index (χ3v) is 2.59. The summed E-state index contributed by atoms with van der Waals surface area (Å²) in [6.45, 7) is 5.28. The molecule has 2 N–H and O–H groups in total. The Labute approximate surface area is 116 Å². The SMILES string of the molecule is CCNc1cc(C(F)(F)F)cc(NCC(C)COC)n1. The molecule has 7 heteroatoms. The molecule has 4 nitrogen and oxygen atoms in total. The Bertz CT molecular complexity index is 424. The molecule has 0 spiro atoms. The fourth-order valence-corrected chi connectivity index (χ4v) is 1.68. The molecule has 1 unspecified atom stereocenters. The highest BCUT2D eigenvalue weighted by molar-refractivity contribution is 5.49. The number of alkyl halides is 3. The molecule has 1 aromatic rings. The Kier molecular flexibility index (Phi) is 6.06. The zero-order valence-electron chi connectivity index (χ0n) is 11.8.